The number of nitro groups is 1. The van der Waals surface area contributed by atoms with Gasteiger partial charge in [0.25, 0.3) is 0 Å². The lowest BCUT2D eigenvalue weighted by molar-refractivity contribution is -0.386. The van der Waals surface area contributed by atoms with Crippen molar-refractivity contribution in [2.75, 3.05) is 5.01 Å². The number of benzene rings is 3. The summed E-state index contributed by atoms with van der Waals surface area (Å²) in [6, 6.07) is 26.8. The Morgan fingerprint density at radius 1 is 0.970 bits per heavy atom. The molecule has 0 saturated heterocycles. The molecule has 8 heteroatoms. The molecule has 2 unspecified atom stereocenters. The van der Waals surface area contributed by atoms with Gasteiger partial charge in [-0.3, -0.25) is 15.1 Å². The van der Waals surface area contributed by atoms with Crippen molar-refractivity contribution in [2.24, 2.45) is 5.10 Å². The van der Waals surface area contributed by atoms with Gasteiger partial charge in [-0.05, 0) is 42.3 Å². The van der Waals surface area contributed by atoms with Crippen LogP contribution < -0.4 is 5.01 Å². The number of hydrogen-bond acceptors (Lipinski definition) is 6. The average Bonchev–Trinajstić information content (AvgIpc) is 3.41. The van der Waals surface area contributed by atoms with Crippen LogP contribution in [0.15, 0.2) is 99.0 Å². The van der Waals surface area contributed by atoms with Crippen LogP contribution in [0.25, 0.3) is 0 Å². The number of hydrazone groups is 1. The molecule has 1 aliphatic heterocycles. The summed E-state index contributed by atoms with van der Waals surface area (Å²) in [6.45, 7) is 1.58. The summed E-state index contributed by atoms with van der Waals surface area (Å²) in [5, 5.41) is 22.7. The van der Waals surface area contributed by atoms with Crippen LogP contribution in [0, 0.1) is 17.0 Å². The Morgan fingerprint density at radius 2 is 1.61 bits per heavy atom. The van der Waals surface area contributed by atoms with E-state index in [0.717, 1.165) is 27.0 Å². The Balaban J connectivity index is 1.77. The van der Waals surface area contributed by atoms with Crippen molar-refractivity contribution in [3.05, 3.63) is 122 Å². The zero-order valence-electron chi connectivity index (χ0n) is 17.6. The quantitative estimate of drug-likeness (QED) is 0.232. The number of hydrogen-bond donors (Lipinski definition) is 0. The number of aromatic nitrogens is 1. The van der Waals surface area contributed by atoms with Gasteiger partial charge in [-0.15, -0.1) is 0 Å². The molecular formula is C25H19BrN4O3. The van der Waals surface area contributed by atoms with Crippen molar-refractivity contribution in [3.63, 3.8) is 0 Å². The zero-order valence-corrected chi connectivity index (χ0v) is 19.2. The van der Waals surface area contributed by atoms with E-state index in [9.17, 15) is 10.1 Å². The predicted molar refractivity (Wildman–Crippen MR) is 129 cm³/mol. The van der Waals surface area contributed by atoms with Gasteiger partial charge in [0.15, 0.2) is 5.69 Å². The van der Waals surface area contributed by atoms with Gasteiger partial charge in [0.2, 0.25) is 5.76 Å². The highest BCUT2D eigenvalue weighted by atomic mass is 79.9. The van der Waals surface area contributed by atoms with E-state index in [2.05, 4.69) is 21.1 Å². The predicted octanol–water partition coefficient (Wildman–Crippen LogP) is 6.40. The molecule has 0 radical (unpaired) electrons. The topological polar surface area (TPSA) is 84.8 Å². The highest BCUT2D eigenvalue weighted by Crippen LogP contribution is 2.48. The van der Waals surface area contributed by atoms with Crippen LogP contribution >= 0.6 is 15.9 Å². The Morgan fingerprint density at radius 3 is 2.24 bits per heavy atom. The first-order valence-corrected chi connectivity index (χ1v) is 11.2. The summed E-state index contributed by atoms with van der Waals surface area (Å²) in [5.74, 6) is -0.143. The number of rotatable bonds is 5. The first kappa shape index (κ1) is 21.1. The second kappa shape index (κ2) is 8.63. The molecule has 33 heavy (non-hydrogen) atoms. The lowest BCUT2D eigenvalue weighted by atomic mass is 9.83. The van der Waals surface area contributed by atoms with E-state index in [-0.39, 0.29) is 23.1 Å². The van der Waals surface area contributed by atoms with Gasteiger partial charge in [-0.2, -0.15) is 5.10 Å². The number of aryl methyl sites for hydroxylation is 1. The van der Waals surface area contributed by atoms with Crippen LogP contribution in [-0.2, 0) is 0 Å². The van der Waals surface area contributed by atoms with Crippen LogP contribution in [0.5, 0.6) is 0 Å². The maximum atomic E-state index is 12.0. The third-order valence-corrected chi connectivity index (χ3v) is 6.25. The highest BCUT2D eigenvalue weighted by molar-refractivity contribution is 9.10. The lowest BCUT2D eigenvalue weighted by Gasteiger charge is -2.26. The molecule has 7 nitrogen and oxygen atoms in total. The van der Waals surface area contributed by atoms with E-state index >= 15 is 0 Å². The molecule has 0 aliphatic carbocycles. The summed E-state index contributed by atoms with van der Waals surface area (Å²) in [5.41, 5.74) is 3.63. The summed E-state index contributed by atoms with van der Waals surface area (Å²) in [6.07, 6.45) is 0. The van der Waals surface area contributed by atoms with Crippen LogP contribution in [0.2, 0.25) is 0 Å². The van der Waals surface area contributed by atoms with Gasteiger partial charge in [0, 0.05) is 4.47 Å². The number of anilines is 1. The van der Waals surface area contributed by atoms with Crippen LogP contribution in [0.4, 0.5) is 11.4 Å². The molecule has 0 fully saturated rings. The minimum absolute atomic E-state index is 0.118. The Kier molecular flexibility index (Phi) is 5.51. The Labute approximate surface area is 198 Å². The summed E-state index contributed by atoms with van der Waals surface area (Å²) in [4.78, 5) is 11.6. The van der Waals surface area contributed by atoms with Gasteiger partial charge in [0.05, 0.1) is 22.2 Å². The van der Waals surface area contributed by atoms with Gasteiger partial charge >= 0.3 is 5.69 Å². The molecule has 2 heterocycles. The van der Waals surface area contributed by atoms with Gasteiger partial charge in [0.1, 0.15) is 6.04 Å². The van der Waals surface area contributed by atoms with Crippen molar-refractivity contribution in [3.8, 4) is 0 Å². The van der Waals surface area contributed by atoms with E-state index in [1.54, 1.807) is 6.92 Å². The number of para-hydroxylation sites is 1. The van der Waals surface area contributed by atoms with Crippen LogP contribution in [0.1, 0.15) is 34.5 Å². The van der Waals surface area contributed by atoms with Crippen molar-refractivity contribution in [2.45, 2.75) is 18.9 Å². The standard InChI is InChI=1S/C25H19BrN4O3/c1-16-23(30(31)32)25(33-28-16)24-21(17-12-14-19(26)15-13-17)22(18-8-4-2-5-9-18)27-29(24)20-10-6-3-7-11-20/h2-15,21,24H,1H3. The van der Waals surface area contributed by atoms with E-state index < -0.39 is 11.0 Å². The van der Waals surface area contributed by atoms with Crippen molar-refractivity contribution in [1.82, 2.24) is 5.16 Å². The molecule has 2 atom stereocenters. The third-order valence-electron chi connectivity index (χ3n) is 5.72. The molecule has 1 aliphatic rings. The normalized spacial score (nSPS) is 17.8. The SMILES string of the molecule is Cc1noc(C2C(c3ccc(Br)cc3)C(c3ccccc3)=NN2c2ccccc2)c1[N+](=O)[O-]. The lowest BCUT2D eigenvalue weighted by Crippen LogP contribution is -2.25. The fraction of sp³-hybridized carbons (Fsp3) is 0.120. The van der Waals surface area contributed by atoms with Crippen molar-refractivity contribution < 1.29 is 9.45 Å². The molecular weight excluding hydrogens is 484 g/mol. The van der Waals surface area contributed by atoms with Crippen molar-refractivity contribution in [1.29, 1.82) is 0 Å². The molecule has 5 rings (SSSR count). The number of halogens is 1. The molecule has 0 amide bonds. The third kappa shape index (κ3) is 3.82. The minimum atomic E-state index is -0.592. The molecule has 3 aromatic carbocycles. The second-order valence-electron chi connectivity index (χ2n) is 7.74. The van der Waals surface area contributed by atoms with E-state index in [1.165, 1.54) is 0 Å². The molecule has 164 valence electrons. The molecule has 0 bridgehead atoms. The highest BCUT2D eigenvalue weighted by Gasteiger charge is 2.47. The maximum Gasteiger partial charge on any atom is 0.336 e. The van der Waals surface area contributed by atoms with Crippen molar-refractivity contribution >= 4 is 33.0 Å². The Hall–Kier alpha value is -3.78. The fourth-order valence-corrected chi connectivity index (χ4v) is 4.51. The van der Waals surface area contributed by atoms with E-state index in [1.807, 2.05) is 89.9 Å². The fourth-order valence-electron chi connectivity index (χ4n) is 4.25. The summed E-state index contributed by atoms with van der Waals surface area (Å²) in [7, 11) is 0. The average molecular weight is 503 g/mol. The smallest absolute Gasteiger partial charge is 0.336 e. The summed E-state index contributed by atoms with van der Waals surface area (Å²) < 4.78 is 6.58. The molecule has 0 saturated carbocycles. The first-order valence-electron chi connectivity index (χ1n) is 10.4. The molecule has 4 aromatic rings. The van der Waals surface area contributed by atoms with Crippen LogP contribution in [-0.4, -0.2) is 15.8 Å². The molecule has 0 spiro atoms. The monoisotopic (exact) mass is 502 g/mol. The summed E-state index contributed by atoms with van der Waals surface area (Å²) >= 11 is 3.50. The van der Waals surface area contributed by atoms with Gasteiger partial charge < -0.3 is 4.52 Å². The van der Waals surface area contributed by atoms with Crippen LogP contribution in [0.3, 0.4) is 0 Å². The number of nitrogens with zero attached hydrogens (tertiary/aromatic N) is 4. The zero-order chi connectivity index (χ0) is 22.9. The van der Waals surface area contributed by atoms with Gasteiger partial charge in [-0.25, -0.2) is 0 Å². The molecule has 0 N–H and O–H groups in total. The largest absolute Gasteiger partial charge is 0.351 e. The van der Waals surface area contributed by atoms with Gasteiger partial charge in [-0.1, -0.05) is 81.8 Å². The molecule has 1 aromatic heterocycles. The minimum Gasteiger partial charge on any atom is -0.351 e. The van der Waals surface area contributed by atoms with E-state index in [4.69, 9.17) is 9.62 Å². The first-order chi connectivity index (χ1) is 16.0. The second-order valence-corrected chi connectivity index (χ2v) is 8.66. The van der Waals surface area contributed by atoms with E-state index in [0.29, 0.717) is 0 Å². The maximum absolute atomic E-state index is 12.0. The Bertz CT molecular complexity index is 1320.